The molecule has 0 radical (unpaired) electrons. The summed E-state index contributed by atoms with van der Waals surface area (Å²) < 4.78 is 5.40. The predicted octanol–water partition coefficient (Wildman–Crippen LogP) is 1.25. The van der Waals surface area contributed by atoms with Crippen LogP contribution in [0.25, 0.3) is 0 Å². The summed E-state index contributed by atoms with van der Waals surface area (Å²) >= 11 is 0. The summed E-state index contributed by atoms with van der Waals surface area (Å²) in [7, 11) is 3.79. The van der Waals surface area contributed by atoms with Crippen LogP contribution in [0.3, 0.4) is 0 Å². The summed E-state index contributed by atoms with van der Waals surface area (Å²) in [6, 6.07) is 2.05. The number of rotatable bonds is 7. The average Bonchev–Trinajstić information content (AvgIpc) is 2.64. The Kier molecular flexibility index (Phi) is 6.22. The van der Waals surface area contributed by atoms with Crippen molar-refractivity contribution >= 4 is 11.8 Å². The Morgan fingerprint density at radius 3 is 2.75 bits per heavy atom. The van der Waals surface area contributed by atoms with E-state index in [9.17, 15) is 4.79 Å². The van der Waals surface area contributed by atoms with Gasteiger partial charge in [-0.25, -0.2) is 0 Å². The van der Waals surface area contributed by atoms with E-state index in [1.54, 1.807) is 13.8 Å². The van der Waals surface area contributed by atoms with Gasteiger partial charge in [0, 0.05) is 5.56 Å². The molecular formula is C14H22N4O2. The van der Waals surface area contributed by atoms with Crippen molar-refractivity contribution in [2.75, 3.05) is 39.0 Å². The molecule has 0 aliphatic heterocycles. The highest BCUT2D eigenvalue weighted by Crippen LogP contribution is 2.25. The zero-order chi connectivity index (χ0) is 15.1. The summed E-state index contributed by atoms with van der Waals surface area (Å²) in [5.74, 6) is 0.720. The molecule has 2 N–H and O–H groups in total. The van der Waals surface area contributed by atoms with Crippen LogP contribution in [0.4, 0.5) is 5.88 Å². The Morgan fingerprint density at radius 2 is 2.15 bits per heavy atom. The van der Waals surface area contributed by atoms with E-state index in [0.717, 1.165) is 25.1 Å². The molecular weight excluding hydrogens is 256 g/mol. The van der Waals surface area contributed by atoms with Crippen LogP contribution in [-0.4, -0.2) is 44.5 Å². The first-order chi connectivity index (χ1) is 9.49. The number of nitrogens with one attached hydrogen (secondary N) is 2. The first kappa shape index (κ1) is 16.2. The van der Waals surface area contributed by atoms with Gasteiger partial charge in [-0.3, -0.25) is 15.0 Å². The number of amides is 1. The smallest absolute Gasteiger partial charge is 0.240 e. The van der Waals surface area contributed by atoms with Crippen LogP contribution in [0.15, 0.2) is 4.42 Å². The molecule has 0 aliphatic rings. The third-order valence-electron chi connectivity index (χ3n) is 3.13. The molecule has 0 aliphatic carbocycles. The maximum atomic E-state index is 11.9. The second-order valence-electron chi connectivity index (χ2n) is 4.84. The lowest BCUT2D eigenvalue weighted by molar-refractivity contribution is -0.117. The fourth-order valence-corrected chi connectivity index (χ4v) is 1.87. The van der Waals surface area contributed by atoms with Gasteiger partial charge in [-0.2, -0.15) is 5.26 Å². The molecule has 1 heterocycles. The van der Waals surface area contributed by atoms with Gasteiger partial charge in [0.25, 0.3) is 0 Å². The number of nitriles is 1. The first-order valence-electron chi connectivity index (χ1n) is 6.62. The lowest BCUT2D eigenvalue weighted by Crippen LogP contribution is -2.32. The minimum absolute atomic E-state index is 0.179. The van der Waals surface area contributed by atoms with E-state index in [2.05, 4.69) is 16.7 Å². The molecule has 0 spiro atoms. The molecule has 0 unspecified atom stereocenters. The maximum Gasteiger partial charge on any atom is 0.240 e. The van der Waals surface area contributed by atoms with Gasteiger partial charge in [0.05, 0.1) is 6.54 Å². The van der Waals surface area contributed by atoms with E-state index < -0.39 is 0 Å². The zero-order valence-electron chi connectivity index (χ0n) is 12.5. The van der Waals surface area contributed by atoms with Crippen molar-refractivity contribution in [1.29, 1.82) is 5.26 Å². The average molecular weight is 278 g/mol. The number of hydrogen-bond donors (Lipinski definition) is 2. The van der Waals surface area contributed by atoms with E-state index in [0.29, 0.717) is 11.3 Å². The van der Waals surface area contributed by atoms with Gasteiger partial charge in [-0.05, 0) is 47.5 Å². The highest BCUT2D eigenvalue weighted by Gasteiger charge is 2.17. The SMILES string of the molecule is CNCCCN(C)CC(=O)Nc1oc(C)c(C)c1C#N. The van der Waals surface area contributed by atoms with Gasteiger partial charge in [-0.1, -0.05) is 0 Å². The van der Waals surface area contributed by atoms with E-state index in [-0.39, 0.29) is 18.3 Å². The minimum atomic E-state index is -0.179. The molecule has 1 aromatic heterocycles. The van der Waals surface area contributed by atoms with Gasteiger partial charge in [0.1, 0.15) is 17.4 Å². The van der Waals surface area contributed by atoms with Crippen molar-refractivity contribution in [2.24, 2.45) is 0 Å². The van der Waals surface area contributed by atoms with Gasteiger partial charge in [0.2, 0.25) is 11.8 Å². The molecule has 6 heteroatoms. The van der Waals surface area contributed by atoms with Gasteiger partial charge in [0.15, 0.2) is 0 Å². The quantitative estimate of drug-likeness (QED) is 0.734. The third-order valence-corrected chi connectivity index (χ3v) is 3.13. The third kappa shape index (κ3) is 4.37. The Balaban J connectivity index is 2.55. The second kappa shape index (κ2) is 7.68. The molecule has 0 saturated heterocycles. The van der Waals surface area contributed by atoms with Gasteiger partial charge < -0.3 is 9.73 Å². The number of anilines is 1. The van der Waals surface area contributed by atoms with Crippen molar-refractivity contribution in [2.45, 2.75) is 20.3 Å². The Bertz CT molecular complexity index is 502. The van der Waals surface area contributed by atoms with E-state index in [1.807, 2.05) is 19.0 Å². The number of carbonyl (C=O) groups is 1. The van der Waals surface area contributed by atoms with Crippen LogP contribution in [0.1, 0.15) is 23.3 Å². The fourth-order valence-electron chi connectivity index (χ4n) is 1.87. The number of aryl methyl sites for hydroxylation is 1. The second-order valence-corrected chi connectivity index (χ2v) is 4.84. The number of furan rings is 1. The fraction of sp³-hybridized carbons (Fsp3) is 0.571. The Hall–Kier alpha value is -1.84. The largest absolute Gasteiger partial charge is 0.444 e. The van der Waals surface area contributed by atoms with Crippen LogP contribution in [0, 0.1) is 25.2 Å². The summed E-state index contributed by atoms with van der Waals surface area (Å²) in [5, 5.41) is 14.8. The van der Waals surface area contributed by atoms with Crippen molar-refractivity contribution in [3.05, 3.63) is 16.9 Å². The zero-order valence-corrected chi connectivity index (χ0v) is 12.5. The van der Waals surface area contributed by atoms with Crippen LogP contribution in [0.2, 0.25) is 0 Å². The van der Waals surface area contributed by atoms with Crippen LogP contribution in [-0.2, 0) is 4.79 Å². The van der Waals surface area contributed by atoms with Crippen molar-refractivity contribution in [3.63, 3.8) is 0 Å². The lowest BCUT2D eigenvalue weighted by Gasteiger charge is -2.15. The molecule has 0 saturated carbocycles. The summed E-state index contributed by atoms with van der Waals surface area (Å²) in [6.07, 6.45) is 0.975. The van der Waals surface area contributed by atoms with Gasteiger partial charge >= 0.3 is 0 Å². The molecule has 0 bridgehead atoms. The van der Waals surface area contributed by atoms with Crippen LogP contribution >= 0.6 is 0 Å². The van der Waals surface area contributed by atoms with E-state index in [4.69, 9.17) is 9.68 Å². The Labute approximate surface area is 119 Å². The molecule has 1 aromatic rings. The standard InChI is InChI=1S/C14H22N4O2/c1-10-11(2)20-14(12(10)8-15)17-13(19)9-18(4)7-5-6-16-3/h16H,5-7,9H2,1-4H3,(H,17,19). The topological polar surface area (TPSA) is 81.3 Å². The number of carbonyl (C=O) groups excluding carboxylic acids is 1. The monoisotopic (exact) mass is 278 g/mol. The van der Waals surface area contributed by atoms with E-state index >= 15 is 0 Å². The lowest BCUT2D eigenvalue weighted by atomic mass is 10.2. The number of likely N-dealkylation sites (N-methyl/N-ethyl adjacent to an activating group) is 1. The maximum absolute atomic E-state index is 11.9. The van der Waals surface area contributed by atoms with Crippen LogP contribution in [0.5, 0.6) is 0 Å². The molecule has 1 amide bonds. The summed E-state index contributed by atoms with van der Waals surface area (Å²) in [5.41, 5.74) is 1.17. The molecule has 0 fully saturated rings. The van der Waals surface area contributed by atoms with Crippen molar-refractivity contribution in [1.82, 2.24) is 10.2 Å². The van der Waals surface area contributed by atoms with E-state index in [1.165, 1.54) is 0 Å². The highest BCUT2D eigenvalue weighted by atomic mass is 16.4. The summed E-state index contributed by atoms with van der Waals surface area (Å²) in [4.78, 5) is 13.8. The summed E-state index contributed by atoms with van der Waals surface area (Å²) in [6.45, 7) is 5.59. The van der Waals surface area contributed by atoms with Crippen LogP contribution < -0.4 is 10.6 Å². The Morgan fingerprint density at radius 1 is 1.45 bits per heavy atom. The van der Waals surface area contributed by atoms with Gasteiger partial charge in [-0.15, -0.1) is 0 Å². The molecule has 1 rings (SSSR count). The predicted molar refractivity (Wildman–Crippen MR) is 77.6 cm³/mol. The molecule has 0 aromatic carbocycles. The number of hydrogen-bond acceptors (Lipinski definition) is 5. The first-order valence-corrected chi connectivity index (χ1v) is 6.62. The van der Waals surface area contributed by atoms with Crippen molar-refractivity contribution in [3.8, 4) is 6.07 Å². The molecule has 20 heavy (non-hydrogen) atoms. The molecule has 110 valence electrons. The molecule has 6 nitrogen and oxygen atoms in total. The normalized spacial score (nSPS) is 10.6. The minimum Gasteiger partial charge on any atom is -0.444 e. The highest BCUT2D eigenvalue weighted by molar-refractivity contribution is 5.92. The number of nitrogens with zero attached hydrogens (tertiary/aromatic N) is 2. The molecule has 0 atom stereocenters. The van der Waals surface area contributed by atoms with Crippen molar-refractivity contribution < 1.29 is 9.21 Å².